The van der Waals surface area contributed by atoms with Crippen molar-refractivity contribution >= 4 is 11.9 Å². The number of nitrogens with one attached hydrogen (secondary N) is 1. The van der Waals surface area contributed by atoms with Crippen molar-refractivity contribution in [2.75, 3.05) is 6.54 Å². The summed E-state index contributed by atoms with van der Waals surface area (Å²) in [5.41, 5.74) is 0.110. The molecule has 4 N–H and O–H groups in total. The van der Waals surface area contributed by atoms with E-state index in [1.165, 1.54) is 19.1 Å². The van der Waals surface area contributed by atoms with Gasteiger partial charge in [0.15, 0.2) is 0 Å². The zero-order valence-electron chi connectivity index (χ0n) is 10.5. The van der Waals surface area contributed by atoms with Crippen molar-refractivity contribution in [3.8, 4) is 0 Å². The van der Waals surface area contributed by atoms with Crippen molar-refractivity contribution in [1.82, 2.24) is 5.32 Å². The number of carboxylic acid groups (broad SMARTS) is 1. The fraction of sp³-hybridized carbons (Fsp3) is 0.385. The minimum absolute atomic E-state index is 0.0476. The number of aliphatic hydroxyl groups is 2. The molecule has 104 valence electrons. The average Bonchev–Trinajstić information content (AvgIpc) is 2.37. The minimum atomic E-state index is -1.30. The average molecular weight is 267 g/mol. The number of carbonyl (C=O) groups excluding carboxylic acids is 1. The number of amides is 1. The molecule has 19 heavy (non-hydrogen) atoms. The standard InChI is InChI=1S/C13H17NO5/c1-8(15)14-7-6-11(16)12(17)9-4-2-3-5-10(9)13(18)19/h2-5,11-12,16-17H,6-7H2,1H3,(H,14,15)(H,18,19). The van der Waals surface area contributed by atoms with Crippen LogP contribution < -0.4 is 5.32 Å². The van der Waals surface area contributed by atoms with Crippen LogP contribution in [0.25, 0.3) is 0 Å². The molecule has 0 saturated carbocycles. The highest BCUT2D eigenvalue weighted by Gasteiger charge is 2.22. The van der Waals surface area contributed by atoms with Crippen LogP contribution in [0, 0.1) is 0 Å². The Balaban J connectivity index is 2.73. The second-order valence-electron chi connectivity index (χ2n) is 4.18. The Morgan fingerprint density at radius 2 is 1.89 bits per heavy atom. The lowest BCUT2D eigenvalue weighted by atomic mass is 9.97. The smallest absolute Gasteiger partial charge is 0.336 e. The molecule has 0 aliphatic heterocycles. The molecule has 2 unspecified atom stereocenters. The first-order valence-corrected chi connectivity index (χ1v) is 5.86. The van der Waals surface area contributed by atoms with Crippen molar-refractivity contribution in [2.45, 2.75) is 25.6 Å². The van der Waals surface area contributed by atoms with Gasteiger partial charge in [-0.25, -0.2) is 4.79 Å². The molecule has 0 aromatic heterocycles. The fourth-order valence-electron chi connectivity index (χ4n) is 1.71. The van der Waals surface area contributed by atoms with Gasteiger partial charge >= 0.3 is 5.97 Å². The Kier molecular flexibility index (Phi) is 5.47. The molecular formula is C13H17NO5. The topological polar surface area (TPSA) is 107 Å². The van der Waals surface area contributed by atoms with Crippen LogP contribution in [0.4, 0.5) is 0 Å². The Bertz CT molecular complexity index is 460. The van der Waals surface area contributed by atoms with Crippen molar-refractivity contribution in [3.63, 3.8) is 0 Å². The van der Waals surface area contributed by atoms with Crippen molar-refractivity contribution in [1.29, 1.82) is 0 Å². The number of hydrogen-bond acceptors (Lipinski definition) is 4. The maximum Gasteiger partial charge on any atom is 0.336 e. The van der Waals surface area contributed by atoms with E-state index in [0.717, 1.165) is 0 Å². The Morgan fingerprint density at radius 1 is 1.26 bits per heavy atom. The van der Waals surface area contributed by atoms with Crippen LogP contribution in [0.15, 0.2) is 24.3 Å². The molecule has 0 spiro atoms. The first-order valence-electron chi connectivity index (χ1n) is 5.86. The molecule has 0 radical (unpaired) electrons. The van der Waals surface area contributed by atoms with Crippen LogP contribution >= 0.6 is 0 Å². The van der Waals surface area contributed by atoms with Crippen LogP contribution in [0.5, 0.6) is 0 Å². The highest BCUT2D eigenvalue weighted by Crippen LogP contribution is 2.22. The molecule has 0 bridgehead atoms. The van der Waals surface area contributed by atoms with Gasteiger partial charge < -0.3 is 20.6 Å². The van der Waals surface area contributed by atoms with E-state index in [1.807, 2.05) is 0 Å². The third-order valence-corrected chi connectivity index (χ3v) is 2.69. The second-order valence-corrected chi connectivity index (χ2v) is 4.18. The summed E-state index contributed by atoms with van der Waals surface area (Å²) in [5, 5.41) is 31.2. The van der Waals surface area contributed by atoms with Crippen LogP contribution in [-0.4, -0.2) is 39.8 Å². The number of carboxylic acids is 1. The van der Waals surface area contributed by atoms with Gasteiger partial charge in [-0.05, 0) is 18.1 Å². The number of aromatic carboxylic acids is 1. The highest BCUT2D eigenvalue weighted by atomic mass is 16.4. The summed E-state index contributed by atoms with van der Waals surface area (Å²) in [6, 6.07) is 5.95. The highest BCUT2D eigenvalue weighted by molar-refractivity contribution is 5.89. The molecule has 6 heteroatoms. The van der Waals surface area contributed by atoms with Crippen molar-refractivity contribution < 1.29 is 24.9 Å². The Morgan fingerprint density at radius 3 is 2.47 bits per heavy atom. The summed E-state index contributed by atoms with van der Waals surface area (Å²) in [7, 11) is 0. The molecule has 0 heterocycles. The molecule has 0 saturated heterocycles. The van der Waals surface area contributed by atoms with Gasteiger partial charge in [0.1, 0.15) is 6.10 Å². The largest absolute Gasteiger partial charge is 0.478 e. The SMILES string of the molecule is CC(=O)NCCC(O)C(O)c1ccccc1C(=O)O. The van der Waals surface area contributed by atoms with Gasteiger partial charge in [-0.2, -0.15) is 0 Å². The van der Waals surface area contributed by atoms with E-state index in [1.54, 1.807) is 12.1 Å². The third-order valence-electron chi connectivity index (χ3n) is 2.69. The van der Waals surface area contributed by atoms with Gasteiger partial charge in [-0.1, -0.05) is 18.2 Å². The van der Waals surface area contributed by atoms with Gasteiger partial charge in [-0.3, -0.25) is 4.79 Å². The van der Waals surface area contributed by atoms with Crippen LogP contribution in [-0.2, 0) is 4.79 Å². The molecule has 1 aromatic carbocycles. The summed E-state index contributed by atoms with van der Waals surface area (Å²) in [4.78, 5) is 21.7. The number of aliphatic hydroxyl groups excluding tert-OH is 2. The van der Waals surface area contributed by atoms with E-state index in [0.29, 0.717) is 0 Å². The molecule has 6 nitrogen and oxygen atoms in total. The van der Waals surface area contributed by atoms with E-state index < -0.39 is 18.2 Å². The van der Waals surface area contributed by atoms with Crippen LogP contribution in [0.3, 0.4) is 0 Å². The molecule has 0 fully saturated rings. The normalized spacial score (nSPS) is 13.6. The summed E-state index contributed by atoms with van der Waals surface area (Å²) in [6.45, 7) is 1.56. The zero-order valence-corrected chi connectivity index (χ0v) is 10.5. The second kappa shape index (κ2) is 6.86. The first kappa shape index (κ1) is 15.1. The van der Waals surface area contributed by atoms with Crippen molar-refractivity contribution in [3.05, 3.63) is 35.4 Å². The van der Waals surface area contributed by atoms with Gasteiger partial charge in [0.2, 0.25) is 5.91 Å². The van der Waals surface area contributed by atoms with Gasteiger partial charge in [0, 0.05) is 13.5 Å². The van der Waals surface area contributed by atoms with E-state index in [9.17, 15) is 19.8 Å². The number of hydrogen-bond donors (Lipinski definition) is 4. The van der Waals surface area contributed by atoms with Gasteiger partial charge in [0.25, 0.3) is 0 Å². The van der Waals surface area contributed by atoms with Crippen molar-refractivity contribution in [2.24, 2.45) is 0 Å². The molecule has 1 rings (SSSR count). The lowest BCUT2D eigenvalue weighted by Crippen LogP contribution is -2.28. The number of rotatable bonds is 6. The summed E-state index contributed by atoms with van der Waals surface area (Å²) in [5.74, 6) is -1.39. The Hall–Kier alpha value is -1.92. The minimum Gasteiger partial charge on any atom is -0.478 e. The fourth-order valence-corrected chi connectivity index (χ4v) is 1.71. The molecule has 1 amide bonds. The molecular weight excluding hydrogens is 250 g/mol. The van der Waals surface area contributed by atoms with E-state index in [-0.39, 0.29) is 30.0 Å². The molecule has 0 aliphatic rings. The summed E-state index contributed by atoms with van der Waals surface area (Å²) >= 11 is 0. The summed E-state index contributed by atoms with van der Waals surface area (Å²) < 4.78 is 0. The number of carbonyl (C=O) groups is 2. The quantitative estimate of drug-likeness (QED) is 0.593. The van der Waals surface area contributed by atoms with E-state index in [4.69, 9.17) is 5.11 Å². The maximum absolute atomic E-state index is 11.0. The van der Waals surface area contributed by atoms with Crippen LogP contribution in [0.2, 0.25) is 0 Å². The molecule has 0 aliphatic carbocycles. The maximum atomic E-state index is 11.0. The van der Waals surface area contributed by atoms with Crippen LogP contribution in [0.1, 0.15) is 35.4 Å². The molecule has 2 atom stereocenters. The summed E-state index contributed by atoms with van der Waals surface area (Å²) in [6.07, 6.45) is -2.32. The van der Waals surface area contributed by atoms with E-state index in [2.05, 4.69) is 5.32 Å². The zero-order chi connectivity index (χ0) is 14.4. The Labute approximate surface area is 110 Å². The monoisotopic (exact) mass is 267 g/mol. The van der Waals surface area contributed by atoms with E-state index >= 15 is 0 Å². The first-order chi connectivity index (χ1) is 8.93. The predicted octanol–water partition coefficient (Wildman–Crippen LogP) is 0.305. The van der Waals surface area contributed by atoms with Gasteiger partial charge in [0.05, 0.1) is 11.7 Å². The lowest BCUT2D eigenvalue weighted by molar-refractivity contribution is -0.119. The van der Waals surface area contributed by atoms with Gasteiger partial charge in [-0.15, -0.1) is 0 Å². The predicted molar refractivity (Wildman–Crippen MR) is 67.7 cm³/mol. The lowest BCUT2D eigenvalue weighted by Gasteiger charge is -2.19. The molecule has 1 aromatic rings. The number of benzene rings is 1. The third kappa shape index (κ3) is 4.35.